The van der Waals surface area contributed by atoms with Gasteiger partial charge in [0.1, 0.15) is 11.5 Å². The fourth-order valence-corrected chi connectivity index (χ4v) is 3.32. The van der Waals surface area contributed by atoms with Crippen molar-refractivity contribution in [2.75, 3.05) is 16.8 Å². The Morgan fingerprint density at radius 2 is 1.89 bits per heavy atom. The lowest BCUT2D eigenvalue weighted by Gasteiger charge is -2.31. The Labute approximate surface area is 161 Å². The second kappa shape index (κ2) is 7.04. The number of nitrogens with zero attached hydrogens (tertiary/aromatic N) is 3. The minimum Gasteiger partial charge on any atom is -0.379 e. The van der Waals surface area contributed by atoms with Gasteiger partial charge in [0.15, 0.2) is 0 Å². The maximum absolute atomic E-state index is 13.2. The van der Waals surface area contributed by atoms with Crippen molar-refractivity contribution in [3.63, 3.8) is 0 Å². The van der Waals surface area contributed by atoms with E-state index in [1.54, 1.807) is 27.8 Å². The van der Waals surface area contributed by atoms with E-state index in [4.69, 9.17) is 11.6 Å². The van der Waals surface area contributed by atoms with E-state index in [9.17, 15) is 9.18 Å². The minimum atomic E-state index is -0.322. The van der Waals surface area contributed by atoms with Crippen molar-refractivity contribution in [1.29, 1.82) is 0 Å². The number of nitrogens with one attached hydrogen (secondary N) is 1. The highest BCUT2D eigenvalue weighted by molar-refractivity contribution is 6.30. The van der Waals surface area contributed by atoms with Gasteiger partial charge in [-0.15, -0.1) is 0 Å². The monoisotopic (exact) mass is 384 g/mol. The molecule has 1 aliphatic heterocycles. The first-order valence-corrected chi connectivity index (χ1v) is 9.04. The van der Waals surface area contributed by atoms with Gasteiger partial charge in [-0.25, -0.2) is 4.39 Å². The number of anilines is 2. The van der Waals surface area contributed by atoms with E-state index >= 15 is 0 Å². The van der Waals surface area contributed by atoms with Crippen LogP contribution in [0.1, 0.15) is 29.1 Å². The van der Waals surface area contributed by atoms with Crippen LogP contribution in [0, 0.1) is 5.82 Å². The van der Waals surface area contributed by atoms with Crippen LogP contribution >= 0.6 is 11.6 Å². The molecule has 2 aromatic carbocycles. The highest BCUT2D eigenvalue weighted by atomic mass is 35.5. The number of halogens is 2. The number of aromatic nitrogens is 2. The lowest BCUT2D eigenvalue weighted by molar-refractivity contribution is 0.0953. The number of amides is 1. The number of carbonyl (C=O) groups is 1. The Morgan fingerprint density at radius 3 is 2.59 bits per heavy atom. The lowest BCUT2D eigenvalue weighted by atomic mass is 10.1. The molecule has 0 spiro atoms. The first-order valence-electron chi connectivity index (χ1n) is 8.66. The van der Waals surface area contributed by atoms with Crippen molar-refractivity contribution < 1.29 is 9.18 Å². The number of rotatable bonds is 4. The zero-order chi connectivity index (χ0) is 19.0. The molecule has 0 bridgehead atoms. The number of carbonyl (C=O) groups excluding carboxylic acids is 1. The minimum absolute atomic E-state index is 0.0204. The van der Waals surface area contributed by atoms with Gasteiger partial charge < -0.3 is 10.2 Å². The van der Waals surface area contributed by atoms with Gasteiger partial charge in [-0.1, -0.05) is 11.6 Å². The third kappa shape index (κ3) is 3.53. The van der Waals surface area contributed by atoms with Crippen LogP contribution in [0.25, 0.3) is 0 Å². The number of benzene rings is 2. The van der Waals surface area contributed by atoms with Crippen molar-refractivity contribution in [1.82, 2.24) is 9.78 Å². The third-order valence-electron chi connectivity index (χ3n) is 4.57. The molecule has 3 aromatic rings. The topological polar surface area (TPSA) is 50.2 Å². The van der Waals surface area contributed by atoms with Crippen LogP contribution in [0.5, 0.6) is 0 Å². The van der Waals surface area contributed by atoms with Gasteiger partial charge in [-0.2, -0.15) is 5.10 Å². The Balaban J connectivity index is 1.54. The van der Waals surface area contributed by atoms with E-state index in [0.717, 1.165) is 11.4 Å². The predicted octanol–water partition coefficient (Wildman–Crippen LogP) is 4.51. The van der Waals surface area contributed by atoms with E-state index in [1.165, 1.54) is 12.1 Å². The van der Waals surface area contributed by atoms with E-state index < -0.39 is 0 Å². The van der Waals surface area contributed by atoms with Crippen molar-refractivity contribution in [2.45, 2.75) is 19.5 Å². The molecule has 4 rings (SSSR count). The van der Waals surface area contributed by atoms with Gasteiger partial charge in [-0.3, -0.25) is 9.48 Å². The second-order valence-electron chi connectivity index (χ2n) is 6.57. The summed E-state index contributed by atoms with van der Waals surface area (Å²) in [5.41, 5.74) is 2.92. The summed E-state index contributed by atoms with van der Waals surface area (Å²) in [7, 11) is 0. The summed E-state index contributed by atoms with van der Waals surface area (Å²) in [6, 6.07) is 15.2. The molecule has 0 saturated carbocycles. The molecule has 1 amide bonds. The molecule has 5 nitrogen and oxygen atoms in total. The van der Waals surface area contributed by atoms with Crippen LogP contribution in [0.4, 0.5) is 15.8 Å². The molecule has 0 saturated heterocycles. The fraction of sp³-hybridized carbons (Fsp3) is 0.200. The summed E-state index contributed by atoms with van der Waals surface area (Å²) < 4.78 is 15.0. The highest BCUT2D eigenvalue weighted by Crippen LogP contribution is 2.27. The third-order valence-corrected chi connectivity index (χ3v) is 4.82. The lowest BCUT2D eigenvalue weighted by Crippen LogP contribution is -2.42. The van der Waals surface area contributed by atoms with Crippen LogP contribution in [0.2, 0.25) is 5.02 Å². The van der Waals surface area contributed by atoms with Gasteiger partial charge in [0.2, 0.25) is 0 Å². The number of hydrogen-bond acceptors (Lipinski definition) is 3. The molecule has 1 atom stereocenters. The zero-order valence-corrected chi connectivity index (χ0v) is 15.4. The molecule has 0 fully saturated rings. The Kier molecular flexibility index (Phi) is 4.58. The van der Waals surface area contributed by atoms with Gasteiger partial charge in [0.05, 0.1) is 18.3 Å². The molecule has 27 heavy (non-hydrogen) atoms. The maximum Gasteiger partial charge on any atom is 0.276 e. The second-order valence-corrected chi connectivity index (χ2v) is 7.00. The maximum atomic E-state index is 13.2. The van der Waals surface area contributed by atoms with Crippen molar-refractivity contribution in [3.05, 3.63) is 76.8 Å². The largest absolute Gasteiger partial charge is 0.379 e. The van der Waals surface area contributed by atoms with E-state index in [1.807, 2.05) is 31.2 Å². The Bertz CT molecular complexity index is 969. The normalized spacial score (nSPS) is 16.3. The summed E-state index contributed by atoms with van der Waals surface area (Å²) in [5.74, 6) is -0.457. The smallest absolute Gasteiger partial charge is 0.276 e. The first kappa shape index (κ1) is 17.5. The van der Waals surface area contributed by atoms with E-state index in [-0.39, 0.29) is 17.8 Å². The van der Waals surface area contributed by atoms with Crippen molar-refractivity contribution in [3.8, 4) is 0 Å². The van der Waals surface area contributed by atoms with Crippen molar-refractivity contribution >= 4 is 28.9 Å². The van der Waals surface area contributed by atoms with Crippen LogP contribution in [0.3, 0.4) is 0 Å². The molecule has 138 valence electrons. The number of fused-ring (bicyclic) bond motifs is 1. The molecule has 1 N–H and O–H groups in total. The van der Waals surface area contributed by atoms with Crippen molar-refractivity contribution in [2.24, 2.45) is 0 Å². The van der Waals surface area contributed by atoms with Crippen LogP contribution in [0.15, 0.2) is 54.6 Å². The Hall–Kier alpha value is -2.86. The zero-order valence-electron chi connectivity index (χ0n) is 14.7. The quantitative estimate of drug-likeness (QED) is 0.720. The molecule has 7 heteroatoms. The summed E-state index contributed by atoms with van der Waals surface area (Å²) in [4.78, 5) is 14.6. The summed E-state index contributed by atoms with van der Waals surface area (Å²) in [6.07, 6.45) is 0. The molecule has 1 aliphatic rings. The van der Waals surface area contributed by atoms with Crippen LogP contribution in [-0.4, -0.2) is 22.2 Å². The molecule has 0 radical (unpaired) electrons. The summed E-state index contributed by atoms with van der Waals surface area (Å²) >= 11 is 5.90. The average Bonchev–Trinajstić information content (AvgIpc) is 3.10. The van der Waals surface area contributed by atoms with Gasteiger partial charge >= 0.3 is 0 Å². The van der Waals surface area contributed by atoms with Crippen LogP contribution < -0.4 is 10.2 Å². The van der Waals surface area contributed by atoms with Gasteiger partial charge in [0, 0.05) is 22.9 Å². The SMILES string of the molecule is CC1CN(c2ccc(F)cc2)C(=O)c2cc(CNc3ccc(Cl)cc3)nn21. The summed E-state index contributed by atoms with van der Waals surface area (Å²) in [5, 5.41) is 8.53. The predicted molar refractivity (Wildman–Crippen MR) is 104 cm³/mol. The fourth-order valence-electron chi connectivity index (χ4n) is 3.19. The molecular weight excluding hydrogens is 367 g/mol. The molecule has 0 aliphatic carbocycles. The van der Waals surface area contributed by atoms with E-state index in [0.29, 0.717) is 29.5 Å². The van der Waals surface area contributed by atoms with Crippen LogP contribution in [-0.2, 0) is 6.54 Å². The molecule has 1 unspecified atom stereocenters. The first-order chi connectivity index (χ1) is 13.0. The average molecular weight is 385 g/mol. The molecule has 2 heterocycles. The van der Waals surface area contributed by atoms with E-state index in [2.05, 4.69) is 10.4 Å². The van der Waals surface area contributed by atoms with Gasteiger partial charge in [-0.05, 0) is 61.5 Å². The molecular formula is C20H18ClFN4O. The highest BCUT2D eigenvalue weighted by Gasteiger charge is 2.31. The molecule has 1 aromatic heterocycles. The summed E-state index contributed by atoms with van der Waals surface area (Å²) in [6.45, 7) is 3.00. The standard InChI is InChI=1S/C20H18ClFN4O/c1-13-12-25(18-8-4-15(22)5-9-18)20(27)19-10-17(24-26(13)19)11-23-16-6-2-14(21)3-7-16/h2-10,13,23H,11-12H2,1H3. The number of hydrogen-bond donors (Lipinski definition) is 1. The Morgan fingerprint density at radius 1 is 1.19 bits per heavy atom. The van der Waals surface area contributed by atoms with Gasteiger partial charge in [0.25, 0.3) is 5.91 Å².